The first-order valence-electron chi connectivity index (χ1n) is 8.40. The highest BCUT2D eigenvalue weighted by Crippen LogP contribution is 2.34. The molecule has 0 unspecified atom stereocenters. The number of ether oxygens (including phenoxy) is 4. The number of thiophene rings is 1. The van der Waals surface area contributed by atoms with E-state index in [4.69, 9.17) is 25.8 Å². The van der Waals surface area contributed by atoms with Crippen molar-refractivity contribution in [1.29, 1.82) is 0 Å². The van der Waals surface area contributed by atoms with E-state index in [1.807, 2.05) is 0 Å². The lowest BCUT2D eigenvalue weighted by atomic mass is 10.1. The van der Waals surface area contributed by atoms with Crippen molar-refractivity contribution in [3.8, 4) is 5.75 Å². The van der Waals surface area contributed by atoms with E-state index >= 15 is 0 Å². The number of nitrogens with one attached hydrogen (secondary N) is 1. The molecule has 1 aromatic heterocycles. The second-order valence-corrected chi connectivity index (χ2v) is 7.15. The number of rotatable bonds is 8. The van der Waals surface area contributed by atoms with Crippen molar-refractivity contribution < 1.29 is 38.1 Å². The molecular weight excluding hydrogens is 438 g/mol. The third kappa shape index (κ3) is 5.94. The number of hydrogen-bond acceptors (Lipinski definition) is 9. The molecule has 2 rings (SSSR count). The van der Waals surface area contributed by atoms with E-state index in [9.17, 15) is 19.2 Å². The second-order valence-electron chi connectivity index (χ2n) is 5.69. The lowest BCUT2D eigenvalue weighted by molar-refractivity contribution is -0.149. The molecule has 1 heterocycles. The summed E-state index contributed by atoms with van der Waals surface area (Å²) < 4.78 is 19.4. The first-order valence-corrected chi connectivity index (χ1v) is 9.60. The molecule has 0 fully saturated rings. The fraction of sp³-hybridized carbons (Fsp3) is 0.263. The summed E-state index contributed by atoms with van der Waals surface area (Å²) in [6.07, 6.45) is 0. The molecular formula is C19H18ClNO8S. The van der Waals surface area contributed by atoms with Crippen LogP contribution in [0.25, 0.3) is 0 Å². The normalized spacial score (nSPS) is 10.1. The number of anilines is 1. The maximum absolute atomic E-state index is 12.1. The van der Waals surface area contributed by atoms with E-state index in [0.717, 1.165) is 11.3 Å². The minimum atomic E-state index is -0.772. The SMILES string of the molecule is COC(=O)c1sc(NC(=O)COC(=O)COc2ccc(Cl)cc2)c(C(=O)OC)c1C. The summed E-state index contributed by atoms with van der Waals surface area (Å²) in [5.41, 5.74) is 0.330. The number of amides is 1. The van der Waals surface area contributed by atoms with Crippen LogP contribution in [0, 0.1) is 6.92 Å². The van der Waals surface area contributed by atoms with Gasteiger partial charge in [0.25, 0.3) is 5.91 Å². The summed E-state index contributed by atoms with van der Waals surface area (Å²) >= 11 is 6.61. The van der Waals surface area contributed by atoms with Gasteiger partial charge in [0.2, 0.25) is 0 Å². The minimum absolute atomic E-state index is 0.0219. The van der Waals surface area contributed by atoms with Crippen molar-refractivity contribution in [1.82, 2.24) is 0 Å². The van der Waals surface area contributed by atoms with Crippen LogP contribution in [0.5, 0.6) is 5.75 Å². The van der Waals surface area contributed by atoms with Crippen molar-refractivity contribution >= 4 is 51.8 Å². The quantitative estimate of drug-likeness (QED) is 0.477. The van der Waals surface area contributed by atoms with Crippen molar-refractivity contribution in [3.05, 3.63) is 45.3 Å². The van der Waals surface area contributed by atoms with E-state index in [1.54, 1.807) is 24.3 Å². The Morgan fingerprint density at radius 2 is 1.63 bits per heavy atom. The van der Waals surface area contributed by atoms with Crippen LogP contribution in [0.3, 0.4) is 0 Å². The van der Waals surface area contributed by atoms with Gasteiger partial charge in [0.05, 0.1) is 19.8 Å². The molecule has 0 saturated carbocycles. The van der Waals surface area contributed by atoms with E-state index < -0.39 is 37.0 Å². The first kappa shape index (κ1) is 23.2. The van der Waals surface area contributed by atoms with Crippen LogP contribution in [-0.4, -0.2) is 51.2 Å². The minimum Gasteiger partial charge on any atom is -0.482 e. The third-order valence-corrected chi connectivity index (χ3v) is 5.13. The number of methoxy groups -OCH3 is 2. The Kier molecular flexibility index (Phi) is 8.19. The largest absolute Gasteiger partial charge is 0.482 e. The summed E-state index contributed by atoms with van der Waals surface area (Å²) in [4.78, 5) is 47.9. The molecule has 0 spiro atoms. The summed E-state index contributed by atoms with van der Waals surface area (Å²) in [6.45, 7) is 0.500. The molecule has 1 amide bonds. The first-order chi connectivity index (χ1) is 14.3. The summed E-state index contributed by atoms with van der Waals surface area (Å²) in [5, 5.41) is 3.04. The Balaban J connectivity index is 1.96. The number of esters is 3. The average Bonchev–Trinajstić information content (AvgIpc) is 3.06. The maximum Gasteiger partial charge on any atom is 0.348 e. The van der Waals surface area contributed by atoms with Crippen molar-refractivity contribution in [2.75, 3.05) is 32.8 Å². The second kappa shape index (κ2) is 10.6. The highest BCUT2D eigenvalue weighted by molar-refractivity contribution is 7.18. The van der Waals surface area contributed by atoms with Gasteiger partial charge in [0.1, 0.15) is 15.6 Å². The van der Waals surface area contributed by atoms with Gasteiger partial charge < -0.3 is 24.3 Å². The highest BCUT2D eigenvalue weighted by Gasteiger charge is 2.27. The molecule has 1 N–H and O–H groups in total. The molecule has 9 nitrogen and oxygen atoms in total. The van der Waals surface area contributed by atoms with Crippen LogP contribution in [0.1, 0.15) is 25.6 Å². The fourth-order valence-electron chi connectivity index (χ4n) is 2.26. The average molecular weight is 456 g/mol. The number of carbonyl (C=O) groups excluding carboxylic acids is 4. The molecule has 0 atom stereocenters. The zero-order valence-electron chi connectivity index (χ0n) is 16.3. The van der Waals surface area contributed by atoms with Gasteiger partial charge in [-0.25, -0.2) is 14.4 Å². The van der Waals surface area contributed by atoms with Gasteiger partial charge in [-0.3, -0.25) is 4.79 Å². The molecule has 0 radical (unpaired) electrons. The number of hydrogen-bond donors (Lipinski definition) is 1. The van der Waals surface area contributed by atoms with Gasteiger partial charge in [-0.1, -0.05) is 11.6 Å². The van der Waals surface area contributed by atoms with Gasteiger partial charge in [-0.15, -0.1) is 11.3 Å². The molecule has 0 aliphatic carbocycles. The summed E-state index contributed by atoms with van der Waals surface area (Å²) in [7, 11) is 2.37. The molecule has 160 valence electrons. The van der Waals surface area contributed by atoms with Gasteiger partial charge >= 0.3 is 17.9 Å². The molecule has 11 heteroatoms. The van der Waals surface area contributed by atoms with Crippen LogP contribution in [0.4, 0.5) is 5.00 Å². The Bertz CT molecular complexity index is 954. The summed E-state index contributed by atoms with van der Waals surface area (Å²) in [5.74, 6) is -2.46. The molecule has 0 aliphatic heterocycles. The molecule has 1 aromatic carbocycles. The highest BCUT2D eigenvalue weighted by atomic mass is 35.5. The smallest absolute Gasteiger partial charge is 0.348 e. The number of halogens is 1. The maximum atomic E-state index is 12.1. The number of carbonyl (C=O) groups is 4. The standard InChI is InChI=1S/C19H18ClNO8S/c1-10-15(18(24)26-2)17(30-16(10)19(25)27-3)21-13(22)8-29-14(23)9-28-12-6-4-11(20)5-7-12/h4-7H,8-9H2,1-3H3,(H,21,22). The van der Waals surface area contributed by atoms with Gasteiger partial charge in [-0.05, 0) is 36.8 Å². The predicted molar refractivity (Wildman–Crippen MR) is 108 cm³/mol. The van der Waals surface area contributed by atoms with Crippen molar-refractivity contribution in [3.63, 3.8) is 0 Å². The zero-order chi connectivity index (χ0) is 22.3. The lowest BCUT2D eigenvalue weighted by Gasteiger charge is -2.08. The van der Waals surface area contributed by atoms with Crippen LogP contribution in [0.15, 0.2) is 24.3 Å². The zero-order valence-corrected chi connectivity index (χ0v) is 17.8. The monoisotopic (exact) mass is 455 g/mol. The molecule has 0 aliphatic rings. The molecule has 0 saturated heterocycles. The topological polar surface area (TPSA) is 117 Å². The fourth-order valence-corrected chi connectivity index (χ4v) is 3.52. The van der Waals surface area contributed by atoms with E-state index in [2.05, 4.69) is 10.1 Å². The van der Waals surface area contributed by atoms with Crippen molar-refractivity contribution in [2.24, 2.45) is 0 Å². The van der Waals surface area contributed by atoms with E-state index in [0.29, 0.717) is 16.3 Å². The van der Waals surface area contributed by atoms with E-state index in [1.165, 1.54) is 21.1 Å². The van der Waals surface area contributed by atoms with Crippen LogP contribution in [-0.2, 0) is 23.8 Å². The third-order valence-electron chi connectivity index (χ3n) is 3.69. The molecule has 2 aromatic rings. The van der Waals surface area contributed by atoms with Gasteiger partial charge in [0.15, 0.2) is 13.2 Å². The van der Waals surface area contributed by atoms with Gasteiger partial charge in [-0.2, -0.15) is 0 Å². The van der Waals surface area contributed by atoms with Crippen LogP contribution < -0.4 is 10.1 Å². The predicted octanol–water partition coefficient (Wildman–Crippen LogP) is 2.84. The molecule has 30 heavy (non-hydrogen) atoms. The van der Waals surface area contributed by atoms with Crippen molar-refractivity contribution in [2.45, 2.75) is 6.92 Å². The Morgan fingerprint density at radius 1 is 1.00 bits per heavy atom. The van der Waals surface area contributed by atoms with Gasteiger partial charge in [0, 0.05) is 5.02 Å². The van der Waals surface area contributed by atoms with Crippen LogP contribution >= 0.6 is 22.9 Å². The Labute approximate surface area is 180 Å². The lowest BCUT2D eigenvalue weighted by Crippen LogP contribution is -2.24. The number of benzene rings is 1. The summed E-state index contributed by atoms with van der Waals surface area (Å²) in [6, 6.07) is 6.35. The van der Waals surface area contributed by atoms with E-state index in [-0.39, 0.29) is 15.4 Å². The van der Waals surface area contributed by atoms with Crippen LogP contribution in [0.2, 0.25) is 5.02 Å². The Hall–Kier alpha value is -3.11. The molecule has 0 bridgehead atoms. The Morgan fingerprint density at radius 3 is 2.23 bits per heavy atom.